The average molecular weight is 494 g/mol. The molecule has 3 aromatic rings. The van der Waals surface area contributed by atoms with E-state index in [2.05, 4.69) is 19.7 Å². The standard InChI is InChI=1S/C26H31N5O3S/c32-24(30(22-10-5-2-6-11-22)18-21-8-3-1-4-9-21)20-35-26-28-27-25(29-13-16-33-17-14-29)31(26)19-23-12-7-15-34-23/h1-6,8-11,23H,7,12-20H2/t23-/m1/s1. The van der Waals surface area contributed by atoms with Gasteiger partial charge >= 0.3 is 0 Å². The molecule has 2 aliphatic heterocycles. The third-order valence-corrected chi connectivity index (χ3v) is 7.23. The molecule has 0 N–H and O–H groups in total. The number of aromatic nitrogens is 3. The lowest BCUT2D eigenvalue weighted by atomic mass is 10.2. The van der Waals surface area contributed by atoms with Crippen LogP contribution in [0.25, 0.3) is 0 Å². The number of amides is 1. The number of hydrogen-bond acceptors (Lipinski definition) is 7. The Labute approximate surface area is 210 Å². The van der Waals surface area contributed by atoms with Crippen molar-refractivity contribution in [1.29, 1.82) is 0 Å². The number of carbonyl (C=O) groups excluding carboxylic acids is 1. The molecular weight excluding hydrogens is 462 g/mol. The Kier molecular flexibility index (Phi) is 7.97. The normalized spacial score (nSPS) is 18.1. The van der Waals surface area contributed by atoms with Gasteiger partial charge in [-0.05, 0) is 30.5 Å². The molecule has 2 saturated heterocycles. The number of nitrogens with zero attached hydrogens (tertiary/aromatic N) is 5. The van der Waals surface area contributed by atoms with Crippen molar-refractivity contribution in [3.8, 4) is 0 Å². The molecular formula is C26H31N5O3S. The number of anilines is 2. The van der Waals surface area contributed by atoms with Gasteiger partial charge in [0.15, 0.2) is 5.16 Å². The van der Waals surface area contributed by atoms with Crippen molar-refractivity contribution >= 4 is 29.3 Å². The molecule has 2 aliphatic rings. The van der Waals surface area contributed by atoms with Gasteiger partial charge in [-0.15, -0.1) is 10.2 Å². The van der Waals surface area contributed by atoms with E-state index in [0.717, 1.165) is 54.9 Å². The molecule has 0 unspecified atom stereocenters. The maximum absolute atomic E-state index is 13.5. The molecule has 5 rings (SSSR count). The molecule has 3 heterocycles. The van der Waals surface area contributed by atoms with Crippen LogP contribution in [-0.2, 0) is 27.4 Å². The fraction of sp³-hybridized carbons (Fsp3) is 0.423. The lowest BCUT2D eigenvalue weighted by Gasteiger charge is -2.28. The first kappa shape index (κ1) is 23.8. The van der Waals surface area contributed by atoms with Crippen LogP contribution in [0.4, 0.5) is 11.6 Å². The van der Waals surface area contributed by atoms with Crippen LogP contribution in [0.1, 0.15) is 18.4 Å². The van der Waals surface area contributed by atoms with Crippen LogP contribution in [0, 0.1) is 0 Å². The van der Waals surface area contributed by atoms with Gasteiger partial charge in [0.25, 0.3) is 0 Å². The molecule has 9 heteroatoms. The second-order valence-electron chi connectivity index (χ2n) is 8.72. The van der Waals surface area contributed by atoms with Crippen molar-refractivity contribution in [2.24, 2.45) is 0 Å². The topological polar surface area (TPSA) is 72.7 Å². The molecule has 1 amide bonds. The predicted octanol–water partition coefficient (Wildman–Crippen LogP) is 3.62. The van der Waals surface area contributed by atoms with Crippen LogP contribution in [0.5, 0.6) is 0 Å². The molecule has 0 aliphatic carbocycles. The Morgan fingerprint density at radius 1 is 1.00 bits per heavy atom. The van der Waals surface area contributed by atoms with E-state index in [0.29, 0.717) is 26.3 Å². The Hall–Kier alpha value is -2.88. The first-order chi connectivity index (χ1) is 17.3. The highest BCUT2D eigenvalue weighted by molar-refractivity contribution is 7.99. The highest BCUT2D eigenvalue weighted by Crippen LogP contribution is 2.27. The van der Waals surface area contributed by atoms with Crippen molar-refractivity contribution in [3.05, 3.63) is 66.2 Å². The largest absolute Gasteiger partial charge is 0.378 e. The molecule has 35 heavy (non-hydrogen) atoms. The quantitative estimate of drug-likeness (QED) is 0.422. The summed E-state index contributed by atoms with van der Waals surface area (Å²) in [5.41, 5.74) is 1.97. The average Bonchev–Trinajstić information content (AvgIpc) is 3.58. The van der Waals surface area contributed by atoms with Crippen molar-refractivity contribution in [2.75, 3.05) is 48.5 Å². The van der Waals surface area contributed by atoms with Gasteiger partial charge in [-0.2, -0.15) is 0 Å². The number of ether oxygens (including phenoxy) is 2. The smallest absolute Gasteiger partial charge is 0.237 e. The Bertz CT molecular complexity index is 1080. The number of para-hydroxylation sites is 1. The van der Waals surface area contributed by atoms with E-state index in [1.807, 2.05) is 65.6 Å². The number of carbonyl (C=O) groups is 1. The summed E-state index contributed by atoms with van der Waals surface area (Å²) in [4.78, 5) is 17.5. The van der Waals surface area contributed by atoms with Gasteiger partial charge in [0.05, 0.1) is 38.2 Å². The summed E-state index contributed by atoms with van der Waals surface area (Å²) in [5.74, 6) is 1.14. The van der Waals surface area contributed by atoms with Gasteiger partial charge in [0, 0.05) is 25.4 Å². The molecule has 2 fully saturated rings. The molecule has 1 aromatic heterocycles. The predicted molar refractivity (Wildman–Crippen MR) is 137 cm³/mol. The number of thioether (sulfide) groups is 1. The fourth-order valence-corrected chi connectivity index (χ4v) is 5.26. The molecule has 1 atom stereocenters. The second-order valence-corrected chi connectivity index (χ2v) is 9.66. The van der Waals surface area contributed by atoms with E-state index in [1.54, 1.807) is 0 Å². The highest BCUT2D eigenvalue weighted by atomic mass is 32.2. The van der Waals surface area contributed by atoms with E-state index in [4.69, 9.17) is 9.47 Å². The summed E-state index contributed by atoms with van der Waals surface area (Å²) >= 11 is 1.44. The maximum Gasteiger partial charge on any atom is 0.237 e. The van der Waals surface area contributed by atoms with Crippen molar-refractivity contribution < 1.29 is 14.3 Å². The summed E-state index contributed by atoms with van der Waals surface area (Å²) in [6.45, 7) is 4.94. The zero-order valence-corrected chi connectivity index (χ0v) is 20.6. The van der Waals surface area contributed by atoms with Gasteiger partial charge in [-0.3, -0.25) is 9.36 Å². The summed E-state index contributed by atoms with van der Waals surface area (Å²) in [6.07, 6.45) is 2.26. The highest BCUT2D eigenvalue weighted by Gasteiger charge is 2.26. The van der Waals surface area contributed by atoms with Gasteiger partial charge in [-0.1, -0.05) is 60.3 Å². The van der Waals surface area contributed by atoms with Crippen LogP contribution in [0.3, 0.4) is 0 Å². The summed E-state index contributed by atoms with van der Waals surface area (Å²) < 4.78 is 13.6. The van der Waals surface area contributed by atoms with E-state index < -0.39 is 0 Å². The lowest BCUT2D eigenvalue weighted by molar-refractivity contribution is -0.116. The van der Waals surface area contributed by atoms with Gasteiger partial charge < -0.3 is 19.3 Å². The van der Waals surface area contributed by atoms with Crippen molar-refractivity contribution in [1.82, 2.24) is 14.8 Å². The lowest BCUT2D eigenvalue weighted by Crippen LogP contribution is -2.38. The zero-order valence-electron chi connectivity index (χ0n) is 19.8. The number of hydrogen-bond donors (Lipinski definition) is 0. The summed E-state index contributed by atoms with van der Waals surface area (Å²) in [7, 11) is 0. The van der Waals surface area contributed by atoms with Gasteiger partial charge in [-0.25, -0.2) is 0 Å². The number of rotatable bonds is 9. The molecule has 2 aromatic carbocycles. The fourth-order valence-electron chi connectivity index (χ4n) is 4.44. The Morgan fingerprint density at radius 3 is 2.46 bits per heavy atom. The molecule has 0 saturated carbocycles. The van der Waals surface area contributed by atoms with Crippen LogP contribution in [0.15, 0.2) is 65.8 Å². The first-order valence-electron chi connectivity index (χ1n) is 12.2. The van der Waals surface area contributed by atoms with Gasteiger partial charge in [0.1, 0.15) is 0 Å². The van der Waals surface area contributed by atoms with Crippen LogP contribution in [0.2, 0.25) is 0 Å². The minimum Gasteiger partial charge on any atom is -0.378 e. The molecule has 184 valence electrons. The molecule has 0 bridgehead atoms. The third-order valence-electron chi connectivity index (χ3n) is 6.28. The number of morpholine rings is 1. The summed E-state index contributed by atoms with van der Waals surface area (Å²) in [5, 5.41) is 9.75. The number of benzene rings is 2. The van der Waals surface area contributed by atoms with Crippen LogP contribution >= 0.6 is 11.8 Å². The van der Waals surface area contributed by atoms with E-state index in [9.17, 15) is 4.79 Å². The zero-order chi connectivity index (χ0) is 23.9. The SMILES string of the molecule is O=C(CSc1nnc(N2CCOCC2)n1C[C@H]1CCCO1)N(Cc1ccccc1)c1ccccc1. The second kappa shape index (κ2) is 11.7. The van der Waals surface area contributed by atoms with Crippen LogP contribution < -0.4 is 9.80 Å². The third kappa shape index (κ3) is 6.04. The maximum atomic E-state index is 13.5. The minimum absolute atomic E-state index is 0.0321. The van der Waals surface area contributed by atoms with E-state index in [-0.39, 0.29) is 17.8 Å². The first-order valence-corrected chi connectivity index (χ1v) is 13.2. The van der Waals surface area contributed by atoms with Crippen molar-refractivity contribution in [2.45, 2.75) is 37.2 Å². The van der Waals surface area contributed by atoms with Gasteiger partial charge in [0.2, 0.25) is 11.9 Å². The molecule has 0 spiro atoms. The molecule has 8 nitrogen and oxygen atoms in total. The van der Waals surface area contributed by atoms with Crippen LogP contribution in [-0.4, -0.2) is 65.4 Å². The molecule has 0 radical (unpaired) electrons. The van der Waals surface area contributed by atoms with Crippen molar-refractivity contribution in [3.63, 3.8) is 0 Å². The van der Waals surface area contributed by atoms with E-state index >= 15 is 0 Å². The Morgan fingerprint density at radius 2 is 1.74 bits per heavy atom. The monoisotopic (exact) mass is 493 g/mol. The Balaban J connectivity index is 1.33. The minimum atomic E-state index is 0.0321. The van der Waals surface area contributed by atoms with E-state index in [1.165, 1.54) is 11.8 Å². The summed E-state index contributed by atoms with van der Waals surface area (Å²) in [6, 6.07) is 19.9.